The second-order valence-corrected chi connectivity index (χ2v) is 13.6. The number of aryl methyl sites for hydroxylation is 1. The number of pyridine rings is 1. The Morgan fingerprint density at radius 1 is 1.34 bits per heavy atom. The number of nitrogens with zero attached hydrogens (tertiary/aromatic N) is 3. The number of carbonyl (C=O) groups is 1. The number of ether oxygens (including phenoxy) is 1. The summed E-state index contributed by atoms with van der Waals surface area (Å²) in [6.45, 7) is 0.685. The summed E-state index contributed by atoms with van der Waals surface area (Å²) in [4.78, 5) is 17.2. The summed E-state index contributed by atoms with van der Waals surface area (Å²) >= 11 is 6.50. The van der Waals surface area contributed by atoms with Crippen LogP contribution in [0.1, 0.15) is 56.2 Å². The van der Waals surface area contributed by atoms with Crippen LogP contribution < -0.4 is 10.1 Å². The summed E-state index contributed by atoms with van der Waals surface area (Å²) in [5.41, 5.74) is -3.60. The average molecular weight is 629 g/mol. The highest BCUT2D eigenvalue weighted by atomic mass is 35.5. The van der Waals surface area contributed by atoms with Crippen molar-refractivity contribution in [1.29, 1.82) is 0 Å². The predicted octanol–water partition coefficient (Wildman–Crippen LogP) is 3.47. The van der Waals surface area contributed by atoms with Crippen molar-refractivity contribution in [2.75, 3.05) is 12.8 Å². The minimum absolute atomic E-state index is 0.00884. The fraction of sp³-hybridized carbons (Fsp3) is 0.640. The Kier molecular flexibility index (Phi) is 9.98. The highest BCUT2D eigenvalue weighted by Gasteiger charge is 2.44. The van der Waals surface area contributed by atoms with Crippen LogP contribution in [-0.2, 0) is 22.8 Å². The number of aromatic nitrogens is 3. The highest BCUT2D eigenvalue weighted by Crippen LogP contribution is 2.39. The van der Waals surface area contributed by atoms with Gasteiger partial charge in [-0.15, -0.1) is 0 Å². The topological polar surface area (TPSA) is 144 Å². The first-order valence-electron chi connectivity index (χ1n) is 12.8. The fourth-order valence-electron chi connectivity index (χ4n) is 4.64. The van der Waals surface area contributed by atoms with Crippen LogP contribution in [0.4, 0.5) is 17.6 Å². The minimum atomic E-state index is -3.43. The maximum Gasteiger partial charge on any atom is 0.387 e. The first-order valence-corrected chi connectivity index (χ1v) is 15.1. The van der Waals surface area contributed by atoms with Gasteiger partial charge in [0, 0.05) is 49.1 Å². The van der Waals surface area contributed by atoms with Gasteiger partial charge in [-0.3, -0.25) is 14.5 Å². The quantitative estimate of drug-likeness (QED) is 0.321. The minimum Gasteiger partial charge on any atom is -0.434 e. The molecule has 0 bridgehead atoms. The van der Waals surface area contributed by atoms with Crippen LogP contribution in [0.15, 0.2) is 12.3 Å². The Morgan fingerprint density at radius 2 is 2.00 bits per heavy atom. The van der Waals surface area contributed by atoms with Gasteiger partial charge in [0.05, 0.1) is 27.6 Å². The lowest BCUT2D eigenvalue weighted by Crippen LogP contribution is -2.56. The molecule has 0 radical (unpaired) electrons. The first-order chi connectivity index (χ1) is 18.9. The standard InChI is InChI=1S/C25H33ClF4N4O6S/c1-5-34-20(15-11-31-13(8-16(15)40-23(29)30)10-24(2,3)22(27)28)18(26)19(33-34)21(36)32-12-25(37)7-6-14(9-17(25)35)41(4,38)39/h8,11,14,17,22-23,35,37H,5-7,9-10,12H2,1-4H3,(H,32,36)/t14?,17-,25?/m0/s1. The molecule has 41 heavy (non-hydrogen) atoms. The Balaban J connectivity index is 1.90. The molecule has 1 aliphatic carbocycles. The maximum atomic E-state index is 13.4. The second-order valence-electron chi connectivity index (χ2n) is 10.9. The Hall–Kier alpha value is -2.49. The number of sulfone groups is 1. The van der Waals surface area contributed by atoms with Crippen LogP contribution in [0.5, 0.6) is 5.75 Å². The van der Waals surface area contributed by atoms with Gasteiger partial charge >= 0.3 is 6.61 Å². The van der Waals surface area contributed by atoms with E-state index in [9.17, 15) is 41.0 Å². The number of hydrogen-bond acceptors (Lipinski definition) is 8. The van der Waals surface area contributed by atoms with E-state index in [1.54, 1.807) is 6.92 Å². The molecule has 1 aliphatic rings. The molecule has 0 spiro atoms. The van der Waals surface area contributed by atoms with E-state index in [4.69, 9.17) is 11.6 Å². The Morgan fingerprint density at radius 3 is 2.54 bits per heavy atom. The van der Waals surface area contributed by atoms with E-state index >= 15 is 0 Å². The second kappa shape index (κ2) is 12.4. The largest absolute Gasteiger partial charge is 0.434 e. The van der Waals surface area contributed by atoms with Gasteiger partial charge in [-0.25, -0.2) is 17.2 Å². The fourth-order valence-corrected chi connectivity index (χ4v) is 6.04. The summed E-state index contributed by atoms with van der Waals surface area (Å²) in [5, 5.41) is 26.8. The molecule has 1 amide bonds. The predicted molar refractivity (Wildman–Crippen MR) is 142 cm³/mol. The van der Waals surface area contributed by atoms with Crippen molar-refractivity contribution in [3.05, 3.63) is 28.7 Å². The molecule has 16 heteroatoms. The number of hydrogen-bond donors (Lipinski definition) is 3. The van der Waals surface area contributed by atoms with E-state index in [2.05, 4.69) is 20.1 Å². The van der Waals surface area contributed by atoms with Gasteiger partial charge < -0.3 is 20.3 Å². The van der Waals surface area contributed by atoms with Crippen molar-refractivity contribution in [3.63, 3.8) is 0 Å². The SMILES string of the molecule is CCn1nc(C(=O)NCC2(O)CCC(S(C)(=O)=O)C[C@@H]2O)c(Cl)c1-c1cnc(CC(C)(C)C(F)F)cc1OC(F)F. The summed E-state index contributed by atoms with van der Waals surface area (Å²) in [7, 11) is -3.43. The maximum absolute atomic E-state index is 13.4. The van der Waals surface area contributed by atoms with Crippen LogP contribution in [0, 0.1) is 5.41 Å². The molecule has 0 aliphatic heterocycles. The molecule has 0 saturated heterocycles. The summed E-state index contributed by atoms with van der Waals surface area (Å²) in [5.74, 6) is -1.26. The molecule has 2 heterocycles. The molecule has 3 N–H and O–H groups in total. The van der Waals surface area contributed by atoms with Gasteiger partial charge in [-0.05, 0) is 26.2 Å². The molecule has 2 aromatic heterocycles. The number of alkyl halides is 4. The van der Waals surface area contributed by atoms with E-state index in [1.807, 2.05) is 0 Å². The van der Waals surface area contributed by atoms with Gasteiger partial charge in [-0.1, -0.05) is 25.4 Å². The van der Waals surface area contributed by atoms with Crippen LogP contribution in [0.2, 0.25) is 5.02 Å². The molecule has 0 aromatic carbocycles. The van der Waals surface area contributed by atoms with Crippen molar-refractivity contribution in [1.82, 2.24) is 20.1 Å². The van der Waals surface area contributed by atoms with E-state index in [-0.39, 0.29) is 59.9 Å². The number of aliphatic hydroxyl groups is 2. The summed E-state index contributed by atoms with van der Waals surface area (Å²) in [6.07, 6.45) is -2.40. The molecule has 3 rings (SSSR count). The monoisotopic (exact) mass is 628 g/mol. The molecule has 230 valence electrons. The van der Waals surface area contributed by atoms with Crippen molar-refractivity contribution in [2.24, 2.45) is 5.41 Å². The number of carbonyl (C=O) groups excluding carboxylic acids is 1. The smallest absolute Gasteiger partial charge is 0.387 e. The molecule has 10 nitrogen and oxygen atoms in total. The third-order valence-electron chi connectivity index (χ3n) is 7.20. The lowest BCUT2D eigenvalue weighted by atomic mass is 9.82. The molecule has 2 aromatic rings. The number of halogens is 5. The van der Waals surface area contributed by atoms with E-state index in [0.717, 1.165) is 18.5 Å². The van der Waals surface area contributed by atoms with Crippen LogP contribution in [-0.4, -0.2) is 82.1 Å². The lowest BCUT2D eigenvalue weighted by Gasteiger charge is -2.39. The molecule has 3 atom stereocenters. The van der Waals surface area contributed by atoms with Gasteiger partial charge in [0.25, 0.3) is 5.91 Å². The van der Waals surface area contributed by atoms with E-state index < -0.39 is 63.4 Å². The zero-order valence-electron chi connectivity index (χ0n) is 22.9. The van der Waals surface area contributed by atoms with Crippen molar-refractivity contribution in [3.8, 4) is 17.0 Å². The number of rotatable bonds is 11. The van der Waals surface area contributed by atoms with Crippen LogP contribution >= 0.6 is 11.6 Å². The van der Waals surface area contributed by atoms with Gasteiger partial charge in [0.2, 0.25) is 6.43 Å². The third kappa shape index (κ3) is 7.48. The molecular weight excluding hydrogens is 596 g/mol. The zero-order chi connectivity index (χ0) is 30.9. The van der Waals surface area contributed by atoms with Crippen molar-refractivity contribution >= 4 is 27.3 Å². The first kappa shape index (κ1) is 33.0. The number of nitrogens with one attached hydrogen (secondary N) is 1. The van der Waals surface area contributed by atoms with E-state index in [1.165, 1.54) is 18.5 Å². The van der Waals surface area contributed by atoms with Crippen LogP contribution in [0.25, 0.3) is 11.3 Å². The zero-order valence-corrected chi connectivity index (χ0v) is 24.4. The highest BCUT2D eigenvalue weighted by molar-refractivity contribution is 7.91. The van der Waals surface area contributed by atoms with Gasteiger partial charge in [-0.2, -0.15) is 13.9 Å². The molecule has 1 saturated carbocycles. The number of aliphatic hydroxyl groups excluding tert-OH is 1. The van der Waals surface area contributed by atoms with Crippen molar-refractivity contribution < 1.29 is 45.7 Å². The van der Waals surface area contributed by atoms with Gasteiger partial charge in [0.1, 0.15) is 21.2 Å². The average Bonchev–Trinajstić information content (AvgIpc) is 3.19. The lowest BCUT2D eigenvalue weighted by molar-refractivity contribution is -0.0950. The summed E-state index contributed by atoms with van der Waals surface area (Å²) < 4.78 is 82.9. The van der Waals surface area contributed by atoms with Crippen LogP contribution in [0.3, 0.4) is 0 Å². The van der Waals surface area contributed by atoms with Crippen molar-refractivity contribution in [2.45, 2.75) is 83.0 Å². The molecule has 1 fully saturated rings. The third-order valence-corrected chi connectivity index (χ3v) is 9.19. The van der Waals surface area contributed by atoms with E-state index in [0.29, 0.717) is 0 Å². The molecule has 2 unspecified atom stereocenters. The Labute approximate surface area is 240 Å². The normalized spacial score (nSPS) is 21.9. The molecular formula is C25H33ClF4N4O6S. The van der Waals surface area contributed by atoms with Gasteiger partial charge in [0.15, 0.2) is 5.69 Å². The number of amides is 1. The summed E-state index contributed by atoms with van der Waals surface area (Å²) in [6, 6.07) is 1.11. The Bertz CT molecular complexity index is 1370.